The first-order chi connectivity index (χ1) is 16.7. The van der Waals surface area contributed by atoms with E-state index in [1.54, 1.807) is 4.68 Å². The molecule has 0 saturated carbocycles. The lowest BCUT2D eigenvalue weighted by atomic mass is 10.0. The van der Waals surface area contributed by atoms with Gasteiger partial charge in [0.1, 0.15) is 12.4 Å². The zero-order valence-electron chi connectivity index (χ0n) is 19.7. The number of hydrogen-bond donors (Lipinski definition) is 0. The van der Waals surface area contributed by atoms with Gasteiger partial charge >= 0.3 is 0 Å². The van der Waals surface area contributed by atoms with Crippen molar-refractivity contribution in [2.45, 2.75) is 38.3 Å². The lowest BCUT2D eigenvalue weighted by molar-refractivity contribution is 0.306. The van der Waals surface area contributed by atoms with Crippen LogP contribution in [0, 0.1) is 0 Å². The standard InChI is InChI=1S/C29H31N3O2/c1-31-18-7-10-24(17-19-31)32-29(33)27-12-6-5-11-26(27)28(30-32)20-22-13-15-25(16-14-22)34-21-23-8-3-2-4-9-23/h2-6,8-9,11-16,24H,7,10,17-21H2,1H3. The highest BCUT2D eigenvalue weighted by Gasteiger charge is 2.21. The average molecular weight is 454 g/mol. The Morgan fingerprint density at radius 1 is 0.853 bits per heavy atom. The normalized spacial score (nSPS) is 16.9. The molecule has 1 aromatic heterocycles. The van der Waals surface area contributed by atoms with E-state index in [0.29, 0.717) is 13.0 Å². The molecule has 0 spiro atoms. The van der Waals surface area contributed by atoms with Crippen LogP contribution in [0.1, 0.15) is 42.1 Å². The van der Waals surface area contributed by atoms with Crippen molar-refractivity contribution in [1.82, 2.24) is 14.7 Å². The van der Waals surface area contributed by atoms with E-state index in [4.69, 9.17) is 9.84 Å². The Balaban J connectivity index is 1.39. The zero-order chi connectivity index (χ0) is 23.3. The summed E-state index contributed by atoms with van der Waals surface area (Å²) in [6.45, 7) is 2.61. The predicted octanol–water partition coefficient (Wildman–Crippen LogP) is 5.22. The molecule has 0 radical (unpaired) electrons. The Kier molecular flexibility index (Phi) is 6.72. The topological polar surface area (TPSA) is 47.4 Å². The minimum Gasteiger partial charge on any atom is -0.489 e. The van der Waals surface area contributed by atoms with Crippen LogP contribution >= 0.6 is 0 Å². The van der Waals surface area contributed by atoms with Gasteiger partial charge in [-0.1, -0.05) is 60.7 Å². The Morgan fingerprint density at radius 3 is 2.38 bits per heavy atom. The summed E-state index contributed by atoms with van der Waals surface area (Å²) >= 11 is 0. The van der Waals surface area contributed by atoms with Crippen LogP contribution in [0.15, 0.2) is 83.7 Å². The summed E-state index contributed by atoms with van der Waals surface area (Å²) in [5.41, 5.74) is 3.27. The molecule has 5 nitrogen and oxygen atoms in total. The molecule has 34 heavy (non-hydrogen) atoms. The molecule has 0 amide bonds. The highest BCUT2D eigenvalue weighted by atomic mass is 16.5. The molecule has 0 N–H and O–H groups in total. The van der Waals surface area contributed by atoms with Crippen LogP contribution in [0.4, 0.5) is 0 Å². The Hall–Kier alpha value is -3.44. The molecule has 5 heteroatoms. The van der Waals surface area contributed by atoms with E-state index < -0.39 is 0 Å². The lowest BCUT2D eigenvalue weighted by Gasteiger charge is -2.19. The Labute approximate surface area is 200 Å². The van der Waals surface area contributed by atoms with Gasteiger partial charge in [-0.15, -0.1) is 0 Å². The van der Waals surface area contributed by atoms with E-state index in [0.717, 1.165) is 65.7 Å². The summed E-state index contributed by atoms with van der Waals surface area (Å²) in [5, 5.41) is 6.64. The van der Waals surface area contributed by atoms with E-state index in [1.807, 2.05) is 54.6 Å². The first-order valence-electron chi connectivity index (χ1n) is 12.1. The van der Waals surface area contributed by atoms with Gasteiger partial charge < -0.3 is 9.64 Å². The molecule has 1 saturated heterocycles. The van der Waals surface area contributed by atoms with Gasteiger partial charge in [0.15, 0.2) is 0 Å². The average Bonchev–Trinajstić information content (AvgIpc) is 3.10. The number of likely N-dealkylation sites (tertiary alicyclic amines) is 1. The molecule has 0 aliphatic carbocycles. The predicted molar refractivity (Wildman–Crippen MR) is 136 cm³/mol. The fourth-order valence-electron chi connectivity index (χ4n) is 4.76. The molecule has 1 unspecified atom stereocenters. The molecule has 1 atom stereocenters. The largest absolute Gasteiger partial charge is 0.489 e. The Morgan fingerprint density at radius 2 is 1.59 bits per heavy atom. The quantitative estimate of drug-likeness (QED) is 0.401. The monoisotopic (exact) mass is 453 g/mol. The van der Waals surface area contributed by atoms with Gasteiger partial charge in [-0.2, -0.15) is 5.10 Å². The minimum absolute atomic E-state index is 0.0264. The van der Waals surface area contributed by atoms with Crippen LogP contribution in [0.5, 0.6) is 5.75 Å². The summed E-state index contributed by atoms with van der Waals surface area (Å²) < 4.78 is 7.71. The molecular formula is C29H31N3O2. The molecule has 4 aromatic rings. The number of hydrogen-bond acceptors (Lipinski definition) is 4. The van der Waals surface area contributed by atoms with E-state index in [-0.39, 0.29) is 11.6 Å². The smallest absolute Gasteiger partial charge is 0.274 e. The van der Waals surface area contributed by atoms with Crippen molar-refractivity contribution in [2.75, 3.05) is 20.1 Å². The van der Waals surface area contributed by atoms with E-state index >= 15 is 0 Å². The van der Waals surface area contributed by atoms with Crippen LogP contribution in [-0.2, 0) is 13.0 Å². The van der Waals surface area contributed by atoms with Crippen LogP contribution in [0.3, 0.4) is 0 Å². The van der Waals surface area contributed by atoms with Crippen molar-refractivity contribution in [3.63, 3.8) is 0 Å². The third kappa shape index (κ3) is 5.05. The van der Waals surface area contributed by atoms with E-state index in [9.17, 15) is 4.79 Å². The zero-order valence-corrected chi connectivity index (χ0v) is 19.7. The van der Waals surface area contributed by atoms with Crippen molar-refractivity contribution in [2.24, 2.45) is 0 Å². The third-order valence-electron chi connectivity index (χ3n) is 6.72. The lowest BCUT2D eigenvalue weighted by Crippen LogP contribution is -2.29. The molecule has 1 aliphatic heterocycles. The molecular weight excluding hydrogens is 422 g/mol. The number of rotatable bonds is 6. The third-order valence-corrected chi connectivity index (χ3v) is 6.72. The van der Waals surface area contributed by atoms with Gasteiger partial charge in [-0.3, -0.25) is 4.79 Å². The molecule has 1 aliphatic rings. The van der Waals surface area contributed by atoms with Crippen molar-refractivity contribution in [3.8, 4) is 5.75 Å². The van der Waals surface area contributed by atoms with Gasteiger partial charge in [-0.25, -0.2) is 4.68 Å². The van der Waals surface area contributed by atoms with Crippen LogP contribution < -0.4 is 10.3 Å². The van der Waals surface area contributed by atoms with Crippen LogP contribution in [-0.4, -0.2) is 34.8 Å². The van der Waals surface area contributed by atoms with Crippen molar-refractivity contribution in [3.05, 3.63) is 106 Å². The maximum Gasteiger partial charge on any atom is 0.274 e. The summed E-state index contributed by atoms with van der Waals surface area (Å²) in [4.78, 5) is 15.7. The fraction of sp³-hybridized carbons (Fsp3) is 0.310. The minimum atomic E-state index is 0.0264. The summed E-state index contributed by atoms with van der Waals surface area (Å²) in [6.07, 6.45) is 3.70. The molecule has 1 fully saturated rings. The highest BCUT2D eigenvalue weighted by Crippen LogP contribution is 2.24. The number of fused-ring (bicyclic) bond motifs is 1. The first-order valence-corrected chi connectivity index (χ1v) is 12.1. The van der Waals surface area contributed by atoms with Crippen LogP contribution in [0.25, 0.3) is 10.8 Å². The highest BCUT2D eigenvalue weighted by molar-refractivity contribution is 5.83. The second kappa shape index (κ2) is 10.2. The second-order valence-electron chi connectivity index (χ2n) is 9.23. The summed E-state index contributed by atoms with van der Waals surface area (Å²) in [7, 11) is 2.15. The van der Waals surface area contributed by atoms with Gasteiger partial charge in [0, 0.05) is 11.8 Å². The molecule has 2 heterocycles. The number of aromatic nitrogens is 2. The van der Waals surface area contributed by atoms with Gasteiger partial charge in [0.2, 0.25) is 0 Å². The SMILES string of the molecule is CN1CCCC(n2nc(Cc3ccc(OCc4ccccc4)cc3)c3ccccc3c2=O)CC1. The van der Waals surface area contributed by atoms with Crippen molar-refractivity contribution in [1.29, 1.82) is 0 Å². The number of benzene rings is 3. The van der Waals surface area contributed by atoms with Gasteiger partial charge in [0.25, 0.3) is 5.56 Å². The van der Waals surface area contributed by atoms with E-state index in [2.05, 4.69) is 36.2 Å². The van der Waals surface area contributed by atoms with Gasteiger partial charge in [0.05, 0.1) is 17.1 Å². The number of ether oxygens (including phenoxy) is 1. The van der Waals surface area contributed by atoms with Crippen LogP contribution in [0.2, 0.25) is 0 Å². The Bertz CT molecular complexity index is 1300. The maximum atomic E-state index is 13.3. The van der Waals surface area contributed by atoms with Crippen molar-refractivity contribution >= 4 is 10.8 Å². The molecule has 5 rings (SSSR count). The summed E-state index contributed by atoms with van der Waals surface area (Å²) in [6, 6.07) is 26.4. The van der Waals surface area contributed by atoms with Gasteiger partial charge in [-0.05, 0) is 68.7 Å². The second-order valence-corrected chi connectivity index (χ2v) is 9.23. The van der Waals surface area contributed by atoms with Crippen molar-refractivity contribution < 1.29 is 4.74 Å². The maximum absolute atomic E-state index is 13.3. The first kappa shape index (κ1) is 22.4. The molecule has 3 aromatic carbocycles. The summed E-state index contributed by atoms with van der Waals surface area (Å²) in [5.74, 6) is 0.845. The molecule has 174 valence electrons. The van der Waals surface area contributed by atoms with E-state index in [1.165, 1.54) is 0 Å². The number of nitrogens with zero attached hydrogens (tertiary/aromatic N) is 3. The molecule has 0 bridgehead atoms. The fourth-order valence-corrected chi connectivity index (χ4v) is 4.76.